The molecule has 0 aliphatic rings. The zero-order valence-electron chi connectivity index (χ0n) is 13.6. The molecule has 0 saturated carbocycles. The summed E-state index contributed by atoms with van der Waals surface area (Å²) in [4.78, 5) is 16.3. The molecule has 1 amide bonds. The van der Waals surface area contributed by atoms with E-state index in [4.69, 9.17) is 9.15 Å². The van der Waals surface area contributed by atoms with Gasteiger partial charge in [0.15, 0.2) is 0 Å². The fourth-order valence-electron chi connectivity index (χ4n) is 1.93. The van der Waals surface area contributed by atoms with Crippen molar-refractivity contribution in [3.8, 4) is 5.88 Å². The molecule has 0 aliphatic heterocycles. The van der Waals surface area contributed by atoms with Crippen LogP contribution >= 0.6 is 0 Å². The van der Waals surface area contributed by atoms with Gasteiger partial charge in [-0.2, -0.15) is 0 Å². The molecule has 6 nitrogen and oxygen atoms in total. The summed E-state index contributed by atoms with van der Waals surface area (Å²) >= 11 is 0. The number of carbonyl (C=O) groups excluding carboxylic acids is 1. The van der Waals surface area contributed by atoms with Crippen LogP contribution in [0.4, 0.5) is 0 Å². The van der Waals surface area contributed by atoms with Gasteiger partial charge in [-0.15, -0.1) is 0 Å². The summed E-state index contributed by atoms with van der Waals surface area (Å²) in [5.74, 6) is 0.492. The van der Waals surface area contributed by atoms with Crippen LogP contribution in [0.25, 0.3) is 0 Å². The highest BCUT2D eigenvalue weighted by atomic mass is 16.5. The normalized spacial score (nSPS) is 14.8. The van der Waals surface area contributed by atoms with E-state index in [0.717, 1.165) is 6.42 Å². The molecular formula is C17H22N2O4. The Bertz CT molecular complexity index is 638. The van der Waals surface area contributed by atoms with Gasteiger partial charge in [-0.3, -0.25) is 4.79 Å². The van der Waals surface area contributed by atoms with Crippen molar-refractivity contribution >= 4 is 5.91 Å². The van der Waals surface area contributed by atoms with Crippen LogP contribution in [0, 0.1) is 0 Å². The predicted molar refractivity (Wildman–Crippen MR) is 85.2 cm³/mol. The number of rotatable bonds is 7. The summed E-state index contributed by atoms with van der Waals surface area (Å²) in [6, 6.07) is 6.53. The smallest absolute Gasteiger partial charge is 0.251 e. The van der Waals surface area contributed by atoms with Gasteiger partial charge in [0.1, 0.15) is 11.4 Å². The Morgan fingerprint density at radius 1 is 1.52 bits per heavy atom. The topological polar surface area (TPSA) is 84.6 Å². The number of hydrogen-bond acceptors (Lipinski definition) is 5. The highest BCUT2D eigenvalue weighted by Gasteiger charge is 2.27. The average Bonchev–Trinajstić information content (AvgIpc) is 3.08. The Kier molecular flexibility index (Phi) is 5.39. The van der Waals surface area contributed by atoms with Gasteiger partial charge in [-0.25, -0.2) is 4.98 Å². The van der Waals surface area contributed by atoms with Gasteiger partial charge in [-0.05, 0) is 38.5 Å². The first-order valence-corrected chi connectivity index (χ1v) is 7.59. The minimum Gasteiger partial charge on any atom is -0.475 e. The lowest BCUT2D eigenvalue weighted by atomic mass is 10.0. The number of furan rings is 1. The highest BCUT2D eigenvalue weighted by molar-refractivity contribution is 5.94. The molecule has 6 heteroatoms. The van der Waals surface area contributed by atoms with Gasteiger partial charge >= 0.3 is 0 Å². The van der Waals surface area contributed by atoms with Crippen molar-refractivity contribution in [3.05, 3.63) is 48.0 Å². The van der Waals surface area contributed by atoms with Crippen LogP contribution in [0.3, 0.4) is 0 Å². The SMILES string of the molecule is CCC(C)Oc1cc(C(=O)NCC(C)(O)c2ccco2)ccn1. The van der Waals surface area contributed by atoms with Crippen molar-refractivity contribution in [3.63, 3.8) is 0 Å². The molecule has 0 radical (unpaired) electrons. The standard InChI is InChI=1S/C17H22N2O4/c1-4-12(2)23-15-10-13(7-8-18-15)16(20)19-11-17(3,21)14-6-5-9-22-14/h5-10,12,21H,4,11H2,1-3H3,(H,19,20). The van der Waals surface area contributed by atoms with Crippen molar-refractivity contribution in [1.82, 2.24) is 10.3 Å². The summed E-state index contributed by atoms with van der Waals surface area (Å²) in [5.41, 5.74) is -0.851. The first-order chi connectivity index (χ1) is 10.9. The molecule has 0 bridgehead atoms. The van der Waals surface area contributed by atoms with Crippen molar-refractivity contribution in [1.29, 1.82) is 0 Å². The third kappa shape index (κ3) is 4.56. The van der Waals surface area contributed by atoms with E-state index in [-0.39, 0.29) is 18.6 Å². The first-order valence-electron chi connectivity index (χ1n) is 7.59. The molecule has 23 heavy (non-hydrogen) atoms. The minimum atomic E-state index is -1.28. The van der Waals surface area contributed by atoms with Crippen LogP contribution in [-0.2, 0) is 5.60 Å². The quantitative estimate of drug-likeness (QED) is 0.819. The molecule has 2 aromatic rings. The Hall–Kier alpha value is -2.34. The molecule has 2 N–H and O–H groups in total. The third-order valence-electron chi connectivity index (χ3n) is 3.54. The number of aliphatic hydroxyl groups is 1. The van der Waals surface area contributed by atoms with Crippen molar-refractivity contribution in [2.75, 3.05) is 6.54 Å². The van der Waals surface area contributed by atoms with Crippen molar-refractivity contribution in [2.45, 2.75) is 38.9 Å². The molecule has 0 aromatic carbocycles. The Balaban J connectivity index is 1.99. The van der Waals surface area contributed by atoms with E-state index in [1.807, 2.05) is 13.8 Å². The number of pyridine rings is 1. The van der Waals surface area contributed by atoms with Gasteiger partial charge in [0.25, 0.3) is 5.91 Å². The lowest BCUT2D eigenvalue weighted by molar-refractivity contribution is 0.0330. The molecule has 2 unspecified atom stereocenters. The van der Waals surface area contributed by atoms with E-state index in [9.17, 15) is 9.90 Å². The second-order valence-electron chi connectivity index (χ2n) is 5.65. The maximum Gasteiger partial charge on any atom is 0.251 e. The first kappa shape index (κ1) is 17.0. The lowest BCUT2D eigenvalue weighted by Crippen LogP contribution is -2.38. The second-order valence-corrected chi connectivity index (χ2v) is 5.65. The summed E-state index contributed by atoms with van der Waals surface area (Å²) in [5, 5.41) is 13.0. The molecule has 0 aliphatic carbocycles. The van der Waals surface area contributed by atoms with E-state index >= 15 is 0 Å². The largest absolute Gasteiger partial charge is 0.475 e. The number of nitrogens with zero attached hydrogens (tertiary/aromatic N) is 1. The zero-order chi connectivity index (χ0) is 16.9. The van der Waals surface area contributed by atoms with Gasteiger partial charge < -0.3 is 19.6 Å². The number of hydrogen-bond donors (Lipinski definition) is 2. The molecule has 124 valence electrons. The Morgan fingerprint density at radius 2 is 2.30 bits per heavy atom. The number of ether oxygens (including phenoxy) is 1. The van der Waals surface area contributed by atoms with Crippen LogP contribution in [0.2, 0.25) is 0 Å². The molecule has 2 rings (SSSR count). The van der Waals surface area contributed by atoms with E-state index in [0.29, 0.717) is 17.2 Å². The molecular weight excluding hydrogens is 296 g/mol. The summed E-state index contributed by atoms with van der Waals surface area (Å²) in [7, 11) is 0. The van der Waals surface area contributed by atoms with Gasteiger partial charge in [0.2, 0.25) is 5.88 Å². The van der Waals surface area contributed by atoms with Crippen molar-refractivity contribution in [2.24, 2.45) is 0 Å². The number of nitrogens with one attached hydrogen (secondary N) is 1. The summed E-state index contributed by atoms with van der Waals surface area (Å²) < 4.78 is 10.8. The van der Waals surface area contributed by atoms with Crippen LogP contribution < -0.4 is 10.1 Å². The van der Waals surface area contributed by atoms with Crippen LogP contribution in [0.1, 0.15) is 43.3 Å². The van der Waals surface area contributed by atoms with Crippen molar-refractivity contribution < 1.29 is 19.1 Å². The molecule has 0 spiro atoms. The summed E-state index contributed by atoms with van der Waals surface area (Å²) in [6.07, 6.45) is 3.88. The second kappa shape index (κ2) is 7.28. The zero-order valence-corrected chi connectivity index (χ0v) is 13.6. The monoisotopic (exact) mass is 318 g/mol. The fourth-order valence-corrected chi connectivity index (χ4v) is 1.93. The van der Waals surface area contributed by atoms with Crippen LogP contribution in [-0.4, -0.2) is 28.6 Å². The van der Waals surface area contributed by atoms with Gasteiger partial charge in [0.05, 0.1) is 18.9 Å². The number of amides is 1. The molecule has 2 heterocycles. The fraction of sp³-hybridized carbons (Fsp3) is 0.412. The lowest BCUT2D eigenvalue weighted by Gasteiger charge is -2.21. The predicted octanol–water partition coefficient (Wildman–Crippen LogP) is 2.49. The third-order valence-corrected chi connectivity index (χ3v) is 3.54. The minimum absolute atomic E-state index is 0.0282. The Morgan fingerprint density at radius 3 is 2.96 bits per heavy atom. The molecule has 0 fully saturated rings. The van der Waals surface area contributed by atoms with E-state index < -0.39 is 5.60 Å². The van der Waals surface area contributed by atoms with E-state index in [1.165, 1.54) is 12.5 Å². The maximum atomic E-state index is 12.2. The molecule has 0 saturated heterocycles. The van der Waals surface area contributed by atoms with E-state index in [1.54, 1.807) is 31.2 Å². The average molecular weight is 318 g/mol. The highest BCUT2D eigenvalue weighted by Crippen LogP contribution is 2.20. The van der Waals surface area contributed by atoms with E-state index in [2.05, 4.69) is 10.3 Å². The van der Waals surface area contributed by atoms with Gasteiger partial charge in [-0.1, -0.05) is 6.92 Å². The summed E-state index contributed by atoms with van der Waals surface area (Å²) in [6.45, 7) is 5.56. The maximum absolute atomic E-state index is 12.2. The van der Waals surface area contributed by atoms with Gasteiger partial charge in [0, 0.05) is 17.8 Å². The molecule has 2 atom stereocenters. The van der Waals surface area contributed by atoms with Crippen LogP contribution in [0.5, 0.6) is 5.88 Å². The van der Waals surface area contributed by atoms with Crippen LogP contribution in [0.15, 0.2) is 41.1 Å². The molecule has 2 aromatic heterocycles. The number of aromatic nitrogens is 1. The Labute approximate surface area is 135 Å². The number of carbonyl (C=O) groups is 1.